The Kier molecular flexibility index (Phi) is 4.88. The fourth-order valence-corrected chi connectivity index (χ4v) is 4.61. The SMILES string of the molecule is Cn1cc2c(n1)-c1cc(F)ccc1OC21CCN(Cc2ccccc2OC(F)(F)F)CC1. The summed E-state index contributed by atoms with van der Waals surface area (Å²) >= 11 is 0. The number of nitrogens with zero attached hydrogens (tertiary/aromatic N) is 3. The first-order valence-electron chi connectivity index (χ1n) is 10.3. The Morgan fingerprint density at radius 2 is 1.88 bits per heavy atom. The molecule has 0 N–H and O–H groups in total. The molecule has 0 radical (unpaired) electrons. The van der Waals surface area contributed by atoms with Gasteiger partial charge >= 0.3 is 6.36 Å². The minimum absolute atomic E-state index is 0.181. The fraction of sp³-hybridized carbons (Fsp3) is 0.348. The number of piperidine rings is 1. The van der Waals surface area contributed by atoms with Crippen molar-refractivity contribution >= 4 is 0 Å². The number of aryl methyl sites for hydroxylation is 1. The second-order valence-corrected chi connectivity index (χ2v) is 8.23. The summed E-state index contributed by atoms with van der Waals surface area (Å²) in [7, 11) is 1.82. The second-order valence-electron chi connectivity index (χ2n) is 8.23. The molecule has 0 aliphatic carbocycles. The quantitative estimate of drug-likeness (QED) is 0.530. The van der Waals surface area contributed by atoms with Crippen LogP contribution in [0.3, 0.4) is 0 Å². The number of para-hydroxylation sites is 1. The van der Waals surface area contributed by atoms with Crippen molar-refractivity contribution in [1.82, 2.24) is 14.7 Å². The van der Waals surface area contributed by atoms with Crippen LogP contribution in [0.15, 0.2) is 48.7 Å². The Balaban J connectivity index is 1.37. The minimum Gasteiger partial charge on any atom is -0.482 e. The third-order valence-electron chi connectivity index (χ3n) is 6.08. The predicted octanol–water partition coefficient (Wildman–Crippen LogP) is 5.01. The summed E-state index contributed by atoms with van der Waals surface area (Å²) in [6.45, 7) is 1.57. The number of hydrogen-bond donors (Lipinski definition) is 0. The van der Waals surface area contributed by atoms with Gasteiger partial charge in [0.2, 0.25) is 0 Å². The normalized spacial score (nSPS) is 17.5. The van der Waals surface area contributed by atoms with E-state index in [1.165, 1.54) is 24.3 Å². The Morgan fingerprint density at radius 3 is 2.62 bits per heavy atom. The molecule has 1 spiro atoms. The summed E-state index contributed by atoms with van der Waals surface area (Å²) < 4.78 is 64.4. The number of halogens is 4. The van der Waals surface area contributed by atoms with E-state index in [1.807, 2.05) is 13.2 Å². The van der Waals surface area contributed by atoms with Gasteiger partial charge in [-0.25, -0.2) is 4.39 Å². The summed E-state index contributed by atoms with van der Waals surface area (Å²) in [5.74, 6) is 0.0594. The summed E-state index contributed by atoms with van der Waals surface area (Å²) in [4.78, 5) is 2.09. The van der Waals surface area contributed by atoms with Crippen LogP contribution < -0.4 is 9.47 Å². The monoisotopic (exact) mass is 447 g/mol. The third kappa shape index (κ3) is 3.81. The number of ether oxygens (including phenoxy) is 2. The first kappa shape index (κ1) is 20.8. The number of hydrogen-bond acceptors (Lipinski definition) is 4. The summed E-state index contributed by atoms with van der Waals surface area (Å²) in [5, 5.41) is 4.55. The lowest BCUT2D eigenvalue weighted by Gasteiger charge is -2.44. The number of likely N-dealkylation sites (tertiary alicyclic amines) is 1. The highest BCUT2D eigenvalue weighted by Crippen LogP contribution is 2.49. The molecule has 5 nitrogen and oxygen atoms in total. The highest BCUT2D eigenvalue weighted by molar-refractivity contribution is 5.73. The molecule has 2 aromatic carbocycles. The maximum atomic E-state index is 13.8. The highest BCUT2D eigenvalue weighted by Gasteiger charge is 2.45. The van der Waals surface area contributed by atoms with E-state index >= 15 is 0 Å². The molecule has 1 saturated heterocycles. The Morgan fingerprint density at radius 1 is 1.12 bits per heavy atom. The van der Waals surface area contributed by atoms with E-state index in [9.17, 15) is 17.6 Å². The molecular formula is C23H21F4N3O2. The molecule has 0 amide bonds. The van der Waals surface area contributed by atoms with E-state index in [-0.39, 0.29) is 11.6 Å². The first-order valence-corrected chi connectivity index (χ1v) is 10.3. The number of rotatable bonds is 3. The average Bonchev–Trinajstić information content (AvgIpc) is 3.14. The van der Waals surface area contributed by atoms with Gasteiger partial charge in [-0.15, -0.1) is 13.2 Å². The average molecular weight is 447 g/mol. The van der Waals surface area contributed by atoms with Crippen molar-refractivity contribution in [3.8, 4) is 22.8 Å². The smallest absolute Gasteiger partial charge is 0.482 e. The number of aromatic nitrogens is 2. The van der Waals surface area contributed by atoms with E-state index in [4.69, 9.17) is 4.74 Å². The van der Waals surface area contributed by atoms with Crippen molar-refractivity contribution in [1.29, 1.82) is 0 Å². The molecule has 0 atom stereocenters. The molecule has 5 rings (SSSR count). The lowest BCUT2D eigenvalue weighted by Crippen LogP contribution is -2.47. The van der Waals surface area contributed by atoms with E-state index < -0.39 is 12.0 Å². The molecule has 0 saturated carbocycles. The van der Waals surface area contributed by atoms with Gasteiger partial charge in [-0.3, -0.25) is 9.58 Å². The van der Waals surface area contributed by atoms with Crippen LogP contribution in [-0.4, -0.2) is 34.1 Å². The van der Waals surface area contributed by atoms with Gasteiger partial charge in [0.25, 0.3) is 0 Å². The molecule has 2 aliphatic rings. The van der Waals surface area contributed by atoms with Crippen LogP contribution in [0.25, 0.3) is 11.3 Å². The van der Waals surface area contributed by atoms with Gasteiger partial charge in [0.1, 0.15) is 28.6 Å². The zero-order valence-electron chi connectivity index (χ0n) is 17.3. The van der Waals surface area contributed by atoms with Crippen molar-refractivity contribution in [2.75, 3.05) is 13.1 Å². The fourth-order valence-electron chi connectivity index (χ4n) is 4.61. The van der Waals surface area contributed by atoms with Gasteiger partial charge in [-0.1, -0.05) is 18.2 Å². The van der Waals surface area contributed by atoms with E-state index in [2.05, 4.69) is 14.7 Å². The molecule has 0 unspecified atom stereocenters. The van der Waals surface area contributed by atoms with Crippen molar-refractivity contribution in [3.63, 3.8) is 0 Å². The van der Waals surface area contributed by atoms with Crippen LogP contribution in [-0.2, 0) is 19.2 Å². The Hall–Kier alpha value is -3.07. The third-order valence-corrected chi connectivity index (χ3v) is 6.08. The highest BCUT2D eigenvalue weighted by atomic mass is 19.4. The molecule has 1 aromatic heterocycles. The van der Waals surface area contributed by atoms with Crippen LogP contribution in [0.5, 0.6) is 11.5 Å². The number of fused-ring (bicyclic) bond motifs is 4. The van der Waals surface area contributed by atoms with Gasteiger partial charge in [-0.05, 0) is 24.3 Å². The molecule has 32 heavy (non-hydrogen) atoms. The Bertz CT molecular complexity index is 1150. The second kappa shape index (κ2) is 7.51. The van der Waals surface area contributed by atoms with E-state index in [0.29, 0.717) is 55.0 Å². The minimum atomic E-state index is -4.73. The van der Waals surface area contributed by atoms with Crippen molar-refractivity contribution in [2.45, 2.75) is 31.3 Å². The van der Waals surface area contributed by atoms with Gasteiger partial charge in [0.05, 0.1) is 0 Å². The zero-order chi connectivity index (χ0) is 22.5. The lowest BCUT2D eigenvalue weighted by atomic mass is 9.81. The standard InChI is InChI=1S/C23H21F4N3O2/c1-29-14-18-21(28-29)17-12-16(24)6-7-20(17)31-22(18)8-10-30(11-9-22)13-15-4-2-3-5-19(15)32-23(25,26)27/h2-7,12,14H,8-11,13H2,1H3. The molecule has 1 fully saturated rings. The summed E-state index contributed by atoms with van der Waals surface area (Å²) in [6, 6.07) is 10.6. The molecule has 0 bridgehead atoms. The summed E-state index contributed by atoms with van der Waals surface area (Å²) in [6.07, 6.45) is -1.57. The van der Waals surface area contributed by atoms with Crippen molar-refractivity contribution in [2.24, 2.45) is 7.05 Å². The van der Waals surface area contributed by atoms with Crippen molar-refractivity contribution < 1.29 is 27.0 Å². The summed E-state index contributed by atoms with van der Waals surface area (Å²) in [5.41, 5.74) is 2.14. The maximum absolute atomic E-state index is 13.8. The van der Waals surface area contributed by atoms with Crippen LogP contribution >= 0.6 is 0 Å². The molecule has 3 aromatic rings. The number of alkyl halides is 3. The zero-order valence-corrected chi connectivity index (χ0v) is 17.3. The largest absolute Gasteiger partial charge is 0.573 e. The van der Waals surface area contributed by atoms with E-state index in [0.717, 1.165) is 5.56 Å². The van der Waals surface area contributed by atoms with Crippen molar-refractivity contribution in [3.05, 3.63) is 65.6 Å². The molecule has 9 heteroatoms. The number of benzene rings is 2. The lowest BCUT2D eigenvalue weighted by molar-refractivity contribution is -0.275. The van der Waals surface area contributed by atoms with Gasteiger partial charge in [0.15, 0.2) is 0 Å². The topological polar surface area (TPSA) is 39.5 Å². The maximum Gasteiger partial charge on any atom is 0.573 e. The van der Waals surface area contributed by atoms with Crippen LogP contribution in [0.2, 0.25) is 0 Å². The van der Waals surface area contributed by atoms with E-state index in [1.54, 1.807) is 22.9 Å². The predicted molar refractivity (Wildman–Crippen MR) is 109 cm³/mol. The molecule has 2 aliphatic heterocycles. The molecule has 3 heterocycles. The molecule has 168 valence electrons. The first-order chi connectivity index (χ1) is 15.2. The van der Waals surface area contributed by atoms with Crippen LogP contribution in [0.4, 0.5) is 17.6 Å². The van der Waals surface area contributed by atoms with Gasteiger partial charge in [0, 0.05) is 62.4 Å². The van der Waals surface area contributed by atoms with Crippen LogP contribution in [0, 0.1) is 5.82 Å². The van der Waals surface area contributed by atoms with Gasteiger partial charge < -0.3 is 9.47 Å². The molecular weight excluding hydrogens is 426 g/mol. The Labute approximate surface area is 182 Å². The van der Waals surface area contributed by atoms with Crippen LogP contribution in [0.1, 0.15) is 24.0 Å². The van der Waals surface area contributed by atoms with Gasteiger partial charge in [-0.2, -0.15) is 5.10 Å².